The molecule has 112 valence electrons. The van der Waals surface area contributed by atoms with Crippen LogP contribution in [0.5, 0.6) is 11.8 Å². The van der Waals surface area contributed by atoms with Crippen LogP contribution in [0.25, 0.3) is 0 Å². The van der Waals surface area contributed by atoms with Crippen LogP contribution in [-0.2, 0) is 0 Å². The molecule has 2 aliphatic carbocycles. The van der Waals surface area contributed by atoms with E-state index in [0.717, 1.165) is 25.5 Å². The van der Waals surface area contributed by atoms with Crippen LogP contribution in [0.3, 0.4) is 0 Å². The largest absolute Gasteiger partial charge is 0.473 e. The molecule has 1 saturated heterocycles. The number of rotatable bonds is 6. The predicted octanol–water partition coefficient (Wildman–Crippen LogP) is 2.27. The number of nitrogens with zero attached hydrogens (tertiary/aromatic N) is 2. The second-order valence-corrected chi connectivity index (χ2v) is 6.42. The Morgan fingerprint density at radius 2 is 2.00 bits per heavy atom. The van der Waals surface area contributed by atoms with Crippen LogP contribution in [0.1, 0.15) is 32.1 Å². The maximum Gasteiger partial charge on any atom is 0.291 e. The van der Waals surface area contributed by atoms with Crippen molar-refractivity contribution in [3.8, 4) is 11.8 Å². The van der Waals surface area contributed by atoms with Gasteiger partial charge in [-0.15, -0.1) is 21.2 Å². The highest BCUT2D eigenvalue weighted by atomic mass is 35.5. The molecule has 0 aromatic carbocycles. The third-order valence-corrected chi connectivity index (χ3v) is 4.99. The molecule has 7 heteroatoms. The fourth-order valence-electron chi connectivity index (χ4n) is 3.16. The summed E-state index contributed by atoms with van der Waals surface area (Å²) in [7, 11) is 0. The first-order valence-corrected chi connectivity index (χ1v) is 7.98. The minimum absolute atomic E-state index is 0. The zero-order valence-corrected chi connectivity index (χ0v) is 12.9. The van der Waals surface area contributed by atoms with Gasteiger partial charge in [-0.2, -0.15) is 0 Å². The fraction of sp³-hybridized carbons (Fsp3) is 0.846. The van der Waals surface area contributed by atoms with Crippen molar-refractivity contribution in [2.24, 2.45) is 11.8 Å². The SMILES string of the molecule is C(CC1CC1)Oc1nsnc1OC1C2CCC1NC2.Cl. The number of halogens is 1. The predicted molar refractivity (Wildman–Crippen MR) is 78.9 cm³/mol. The van der Waals surface area contributed by atoms with E-state index in [0.29, 0.717) is 23.7 Å². The van der Waals surface area contributed by atoms with Crippen LogP contribution >= 0.6 is 24.1 Å². The van der Waals surface area contributed by atoms with Gasteiger partial charge in [-0.3, -0.25) is 0 Å². The van der Waals surface area contributed by atoms with Gasteiger partial charge < -0.3 is 14.8 Å². The van der Waals surface area contributed by atoms with Crippen LogP contribution in [-0.4, -0.2) is 34.0 Å². The van der Waals surface area contributed by atoms with Crippen molar-refractivity contribution in [3.05, 3.63) is 0 Å². The fourth-order valence-corrected chi connectivity index (χ4v) is 3.60. The molecule has 2 bridgehead atoms. The summed E-state index contributed by atoms with van der Waals surface area (Å²) in [5, 5.41) is 3.49. The Bertz CT molecular complexity index is 435. The van der Waals surface area contributed by atoms with Gasteiger partial charge in [0.1, 0.15) is 6.10 Å². The molecule has 2 saturated carbocycles. The molecule has 5 nitrogen and oxygen atoms in total. The van der Waals surface area contributed by atoms with Crippen LogP contribution in [0.4, 0.5) is 0 Å². The number of fused-ring (bicyclic) bond motifs is 2. The van der Waals surface area contributed by atoms with Crippen molar-refractivity contribution in [1.29, 1.82) is 0 Å². The molecule has 3 aliphatic rings. The molecule has 2 heterocycles. The third kappa shape index (κ3) is 2.87. The molecule has 1 aromatic heterocycles. The Morgan fingerprint density at radius 1 is 1.15 bits per heavy atom. The summed E-state index contributed by atoms with van der Waals surface area (Å²) < 4.78 is 20.2. The van der Waals surface area contributed by atoms with Gasteiger partial charge in [-0.05, 0) is 25.2 Å². The highest BCUT2D eigenvalue weighted by Gasteiger charge is 2.44. The Kier molecular flexibility index (Phi) is 4.33. The number of aromatic nitrogens is 2. The standard InChI is InChI=1S/C13H19N3O2S.ClH/c1-2-8(1)5-6-17-12-13(16-19-15-12)18-11-9-3-4-10(11)14-7-9;/h8-11,14H,1-7H2;1H. The first-order chi connectivity index (χ1) is 9.40. The number of hydrogen-bond acceptors (Lipinski definition) is 6. The number of nitrogens with one attached hydrogen (secondary N) is 1. The van der Waals surface area contributed by atoms with Crippen LogP contribution in [0.2, 0.25) is 0 Å². The minimum atomic E-state index is 0. The third-order valence-electron chi connectivity index (χ3n) is 4.49. The van der Waals surface area contributed by atoms with E-state index in [9.17, 15) is 0 Å². The smallest absolute Gasteiger partial charge is 0.291 e. The van der Waals surface area contributed by atoms with Gasteiger partial charge >= 0.3 is 0 Å². The molecular formula is C13H20ClN3O2S. The quantitative estimate of drug-likeness (QED) is 0.872. The summed E-state index contributed by atoms with van der Waals surface area (Å²) in [4.78, 5) is 0. The molecule has 4 rings (SSSR count). The summed E-state index contributed by atoms with van der Waals surface area (Å²) >= 11 is 1.18. The van der Waals surface area contributed by atoms with Crippen LogP contribution < -0.4 is 14.8 Å². The average Bonchev–Trinajstić information content (AvgIpc) is 2.88. The maximum absolute atomic E-state index is 6.06. The number of piperidine rings is 1. The Morgan fingerprint density at radius 3 is 2.65 bits per heavy atom. The zero-order chi connectivity index (χ0) is 12.7. The molecule has 1 aromatic rings. The topological polar surface area (TPSA) is 56.3 Å². The lowest BCUT2D eigenvalue weighted by Crippen LogP contribution is -2.31. The molecule has 1 aliphatic heterocycles. The van der Waals surface area contributed by atoms with Gasteiger partial charge in [-0.1, -0.05) is 12.8 Å². The van der Waals surface area contributed by atoms with Gasteiger partial charge in [-0.25, -0.2) is 0 Å². The van der Waals surface area contributed by atoms with Gasteiger partial charge in [0, 0.05) is 18.5 Å². The summed E-state index contributed by atoms with van der Waals surface area (Å²) in [6, 6.07) is 0.492. The van der Waals surface area contributed by atoms with Gasteiger partial charge in [0.2, 0.25) is 0 Å². The summed E-state index contributed by atoms with van der Waals surface area (Å²) in [5.41, 5.74) is 0. The highest BCUT2D eigenvalue weighted by molar-refractivity contribution is 6.99. The lowest BCUT2D eigenvalue weighted by Gasteiger charge is -2.16. The van der Waals surface area contributed by atoms with Crippen molar-refractivity contribution in [3.63, 3.8) is 0 Å². The summed E-state index contributed by atoms with van der Waals surface area (Å²) in [6.45, 7) is 1.81. The summed E-state index contributed by atoms with van der Waals surface area (Å²) in [6.07, 6.45) is 6.59. The molecule has 3 unspecified atom stereocenters. The second-order valence-electron chi connectivity index (χ2n) is 5.89. The highest BCUT2D eigenvalue weighted by Crippen LogP contribution is 2.37. The van der Waals surface area contributed by atoms with E-state index >= 15 is 0 Å². The lowest BCUT2D eigenvalue weighted by molar-refractivity contribution is 0.159. The number of ether oxygens (including phenoxy) is 2. The van der Waals surface area contributed by atoms with Crippen LogP contribution in [0, 0.1) is 11.8 Å². The molecule has 3 fully saturated rings. The van der Waals surface area contributed by atoms with E-state index in [2.05, 4.69) is 14.1 Å². The average molecular weight is 318 g/mol. The van der Waals surface area contributed by atoms with Crippen molar-refractivity contribution >= 4 is 24.1 Å². The second kappa shape index (κ2) is 6.03. The molecule has 3 atom stereocenters. The van der Waals surface area contributed by atoms with E-state index in [-0.39, 0.29) is 18.5 Å². The van der Waals surface area contributed by atoms with Crippen molar-refractivity contribution in [2.45, 2.75) is 44.2 Å². The molecule has 1 N–H and O–H groups in total. The lowest BCUT2D eigenvalue weighted by atomic mass is 10.1. The van der Waals surface area contributed by atoms with Crippen molar-refractivity contribution < 1.29 is 9.47 Å². The van der Waals surface area contributed by atoms with E-state index in [1.54, 1.807) is 0 Å². The van der Waals surface area contributed by atoms with Crippen molar-refractivity contribution in [1.82, 2.24) is 14.1 Å². The molecule has 0 radical (unpaired) electrons. The van der Waals surface area contributed by atoms with Gasteiger partial charge in [0.25, 0.3) is 11.8 Å². The maximum atomic E-state index is 6.06. The number of hydrogen-bond donors (Lipinski definition) is 1. The molecule has 0 spiro atoms. The minimum Gasteiger partial charge on any atom is -0.473 e. The first kappa shape index (κ1) is 14.4. The summed E-state index contributed by atoms with van der Waals surface area (Å²) in [5.74, 6) is 2.71. The van der Waals surface area contributed by atoms with Crippen LogP contribution in [0.15, 0.2) is 0 Å². The molecule has 0 amide bonds. The Balaban J connectivity index is 0.00000121. The van der Waals surface area contributed by atoms with E-state index in [1.807, 2.05) is 0 Å². The van der Waals surface area contributed by atoms with Gasteiger partial charge in [0.05, 0.1) is 18.3 Å². The van der Waals surface area contributed by atoms with Crippen molar-refractivity contribution in [2.75, 3.05) is 13.2 Å². The normalized spacial score (nSPS) is 31.1. The molecule has 20 heavy (non-hydrogen) atoms. The molecular weight excluding hydrogens is 298 g/mol. The zero-order valence-electron chi connectivity index (χ0n) is 11.3. The Labute approximate surface area is 129 Å². The monoisotopic (exact) mass is 317 g/mol. The first-order valence-electron chi connectivity index (χ1n) is 7.25. The van der Waals surface area contributed by atoms with E-state index < -0.39 is 0 Å². The Hall–Kier alpha value is -0.590. The van der Waals surface area contributed by atoms with E-state index in [1.165, 1.54) is 37.4 Å². The van der Waals surface area contributed by atoms with Gasteiger partial charge in [0.15, 0.2) is 0 Å². The van der Waals surface area contributed by atoms with E-state index in [4.69, 9.17) is 9.47 Å².